The van der Waals surface area contributed by atoms with Crippen LogP contribution in [0.15, 0.2) is 48.5 Å². The van der Waals surface area contributed by atoms with Crippen molar-refractivity contribution < 1.29 is 23.1 Å². The molecule has 0 atom stereocenters. The van der Waals surface area contributed by atoms with Gasteiger partial charge in [0.1, 0.15) is 17.4 Å². The van der Waals surface area contributed by atoms with Gasteiger partial charge in [-0.3, -0.25) is 4.79 Å². The molecule has 4 nitrogen and oxygen atoms in total. The number of amides is 1. The summed E-state index contributed by atoms with van der Waals surface area (Å²) in [6, 6.07) is 11.3. The summed E-state index contributed by atoms with van der Waals surface area (Å²) in [6.07, 6.45) is 1.96. The van der Waals surface area contributed by atoms with Crippen molar-refractivity contribution in [3.8, 4) is 11.5 Å². The normalized spacial score (nSPS) is 13.5. The van der Waals surface area contributed by atoms with Gasteiger partial charge in [-0.05, 0) is 53.9 Å². The van der Waals surface area contributed by atoms with Crippen LogP contribution in [0.2, 0.25) is 0 Å². The number of ether oxygens (including phenoxy) is 1. The van der Waals surface area contributed by atoms with Crippen molar-refractivity contribution >= 4 is 11.8 Å². The molecule has 0 unspecified atom stereocenters. The molecule has 6 heteroatoms. The van der Waals surface area contributed by atoms with Gasteiger partial charge in [-0.1, -0.05) is 6.07 Å². The highest BCUT2D eigenvalue weighted by Gasteiger charge is 2.24. The number of nitrogens with zero attached hydrogens (tertiary/aromatic N) is 1. The van der Waals surface area contributed by atoms with Gasteiger partial charge in [-0.2, -0.15) is 0 Å². The summed E-state index contributed by atoms with van der Waals surface area (Å²) in [6.45, 7) is 1.90. The molecule has 3 rings (SSSR count). The molecule has 0 aliphatic carbocycles. The highest BCUT2D eigenvalue weighted by atomic mass is 19.3. The second-order valence-electron chi connectivity index (χ2n) is 6.54. The average molecular weight is 371 g/mol. The van der Waals surface area contributed by atoms with E-state index in [0.29, 0.717) is 24.6 Å². The van der Waals surface area contributed by atoms with Crippen molar-refractivity contribution in [2.24, 2.45) is 0 Å². The maximum absolute atomic E-state index is 13.3. The maximum atomic E-state index is 13.3. The monoisotopic (exact) mass is 371 g/mol. The van der Waals surface area contributed by atoms with E-state index in [2.05, 4.69) is 0 Å². The number of carbonyl (C=O) groups excluding carboxylic acids is 2. The molecule has 0 spiro atoms. The fourth-order valence-corrected chi connectivity index (χ4v) is 3.02. The number of benzene rings is 2. The molecule has 0 radical (unpaired) electrons. The fourth-order valence-electron chi connectivity index (χ4n) is 3.02. The van der Waals surface area contributed by atoms with Gasteiger partial charge < -0.3 is 9.64 Å². The minimum absolute atomic E-state index is 0.0451. The Morgan fingerprint density at radius 3 is 2.56 bits per heavy atom. The fraction of sp³-hybridized carbons (Fsp3) is 0.286. The molecule has 2 aromatic carbocycles. The molecule has 2 aromatic rings. The van der Waals surface area contributed by atoms with Crippen molar-refractivity contribution in [1.82, 2.24) is 4.90 Å². The van der Waals surface area contributed by atoms with E-state index >= 15 is 0 Å². The van der Waals surface area contributed by atoms with Crippen LogP contribution in [0.4, 0.5) is 8.78 Å². The number of rotatable bonds is 5. The molecular weight excluding hydrogens is 352 g/mol. The zero-order valence-corrected chi connectivity index (χ0v) is 14.9. The van der Waals surface area contributed by atoms with E-state index < -0.39 is 5.92 Å². The quantitative estimate of drug-likeness (QED) is 0.738. The topological polar surface area (TPSA) is 46.6 Å². The lowest BCUT2D eigenvalue weighted by Gasteiger charge is -2.29. The molecule has 0 bridgehead atoms. The number of carbonyl (C=O) groups is 1. The van der Waals surface area contributed by atoms with E-state index in [1.54, 1.807) is 10.8 Å². The van der Waals surface area contributed by atoms with Gasteiger partial charge in [-0.15, -0.1) is 0 Å². The molecule has 0 saturated heterocycles. The van der Waals surface area contributed by atoms with Crippen LogP contribution in [-0.4, -0.2) is 23.3 Å². The molecule has 1 aliphatic heterocycles. The van der Waals surface area contributed by atoms with Crippen molar-refractivity contribution in [2.75, 3.05) is 6.54 Å². The first-order valence-corrected chi connectivity index (χ1v) is 8.62. The summed E-state index contributed by atoms with van der Waals surface area (Å²) in [7, 11) is 0. The van der Waals surface area contributed by atoms with E-state index in [-0.39, 0.29) is 17.9 Å². The lowest BCUT2D eigenvalue weighted by Crippen LogP contribution is -2.35. The minimum atomic E-state index is -2.89. The van der Waals surface area contributed by atoms with Crippen LogP contribution in [-0.2, 0) is 28.5 Å². The summed E-state index contributed by atoms with van der Waals surface area (Å²) >= 11 is 0. The van der Waals surface area contributed by atoms with Crippen LogP contribution >= 0.6 is 0 Å². The Labute approximate surface area is 156 Å². The lowest BCUT2D eigenvalue weighted by atomic mass is 9.99. The Morgan fingerprint density at radius 2 is 1.89 bits per heavy atom. The molecule has 0 N–H and O–H groups in total. The van der Waals surface area contributed by atoms with Crippen LogP contribution in [0.5, 0.6) is 11.5 Å². The van der Waals surface area contributed by atoms with Gasteiger partial charge in [0.15, 0.2) is 0 Å². The Bertz CT molecular complexity index is 881. The van der Waals surface area contributed by atoms with E-state index in [9.17, 15) is 18.4 Å². The smallest absolute Gasteiger partial charge is 0.270 e. The molecule has 1 heterocycles. The molecule has 0 saturated carbocycles. The highest BCUT2D eigenvalue weighted by molar-refractivity contribution is 5.79. The maximum Gasteiger partial charge on any atom is 0.270 e. The lowest BCUT2D eigenvalue weighted by molar-refractivity contribution is -0.131. The van der Waals surface area contributed by atoms with Gasteiger partial charge in [0.05, 0.1) is 6.42 Å². The average Bonchev–Trinajstić information content (AvgIpc) is 2.65. The first kappa shape index (κ1) is 18.8. The molecule has 140 valence electrons. The van der Waals surface area contributed by atoms with Crippen molar-refractivity contribution in [3.05, 3.63) is 65.2 Å². The highest BCUT2D eigenvalue weighted by Crippen LogP contribution is 2.31. The van der Waals surface area contributed by atoms with E-state index in [4.69, 9.17) is 4.74 Å². The SMILES string of the molecule is CC(F)(F)c1ccc(Oc2ccc3c(c2)CN(C(=O)CC=C=O)CC3)cc1. The van der Waals surface area contributed by atoms with Gasteiger partial charge in [0, 0.05) is 31.7 Å². The van der Waals surface area contributed by atoms with Crippen LogP contribution in [0, 0.1) is 0 Å². The second-order valence-corrected chi connectivity index (χ2v) is 6.54. The zero-order valence-electron chi connectivity index (χ0n) is 14.9. The Kier molecular flexibility index (Phi) is 5.38. The Balaban J connectivity index is 1.72. The molecule has 1 amide bonds. The molecule has 0 aromatic heterocycles. The standard InChI is InChI=1S/C21H19F2NO3/c1-21(22,23)17-5-8-18(9-6-17)27-19-7-4-15-10-11-24(14-16(15)13-19)20(26)3-2-12-25/h2,4-9,13H,3,10-11,14H2,1H3. The van der Waals surface area contributed by atoms with E-state index in [1.165, 1.54) is 30.3 Å². The molecule has 27 heavy (non-hydrogen) atoms. The number of halogens is 2. The predicted molar refractivity (Wildman–Crippen MR) is 96.5 cm³/mol. The number of alkyl halides is 2. The van der Waals surface area contributed by atoms with E-state index in [1.807, 2.05) is 18.2 Å². The third kappa shape index (κ3) is 4.60. The Hall–Kier alpha value is -2.98. The van der Waals surface area contributed by atoms with Gasteiger partial charge in [0.2, 0.25) is 5.91 Å². The number of fused-ring (bicyclic) bond motifs is 1. The van der Waals surface area contributed by atoms with Crippen molar-refractivity contribution in [1.29, 1.82) is 0 Å². The molecule has 0 fully saturated rings. The van der Waals surface area contributed by atoms with Crippen LogP contribution < -0.4 is 4.74 Å². The summed E-state index contributed by atoms with van der Waals surface area (Å²) in [5.41, 5.74) is 2.04. The van der Waals surface area contributed by atoms with Gasteiger partial charge >= 0.3 is 0 Å². The van der Waals surface area contributed by atoms with Crippen LogP contribution in [0.1, 0.15) is 30.0 Å². The van der Waals surface area contributed by atoms with E-state index in [0.717, 1.165) is 24.5 Å². The van der Waals surface area contributed by atoms with Crippen molar-refractivity contribution in [2.45, 2.75) is 32.2 Å². The first-order chi connectivity index (χ1) is 12.9. The summed E-state index contributed by atoms with van der Waals surface area (Å²) in [5, 5.41) is 0. The minimum Gasteiger partial charge on any atom is -0.457 e. The second kappa shape index (κ2) is 7.72. The summed E-state index contributed by atoms with van der Waals surface area (Å²) in [5.74, 6) is -0.355. The van der Waals surface area contributed by atoms with Crippen molar-refractivity contribution in [3.63, 3.8) is 0 Å². The zero-order chi connectivity index (χ0) is 19.4. The number of hydrogen-bond donors (Lipinski definition) is 0. The Morgan fingerprint density at radius 1 is 1.19 bits per heavy atom. The van der Waals surface area contributed by atoms with Crippen LogP contribution in [0.25, 0.3) is 0 Å². The van der Waals surface area contributed by atoms with Crippen LogP contribution in [0.3, 0.4) is 0 Å². The number of hydrogen-bond acceptors (Lipinski definition) is 3. The first-order valence-electron chi connectivity index (χ1n) is 8.62. The summed E-state index contributed by atoms with van der Waals surface area (Å²) < 4.78 is 32.3. The molecule has 1 aliphatic rings. The third-order valence-electron chi connectivity index (χ3n) is 4.50. The largest absolute Gasteiger partial charge is 0.457 e. The van der Waals surface area contributed by atoms with Gasteiger partial charge in [-0.25, -0.2) is 13.6 Å². The summed E-state index contributed by atoms with van der Waals surface area (Å²) in [4.78, 5) is 24.0. The molecular formula is C21H19F2NO3. The third-order valence-corrected chi connectivity index (χ3v) is 4.50. The predicted octanol–water partition coefficient (Wildman–Crippen LogP) is 4.25. The van der Waals surface area contributed by atoms with Gasteiger partial charge in [0.25, 0.3) is 5.92 Å².